The Hall–Kier alpha value is -0.610. The first-order valence-corrected chi connectivity index (χ1v) is 7.90. The monoisotopic (exact) mass is 267 g/mol. The van der Waals surface area contributed by atoms with Crippen LogP contribution in [0.3, 0.4) is 0 Å². The summed E-state index contributed by atoms with van der Waals surface area (Å²) in [4.78, 5) is 16.9. The molecule has 2 rings (SSSR count). The van der Waals surface area contributed by atoms with E-state index in [4.69, 9.17) is 0 Å². The Morgan fingerprint density at radius 1 is 1.16 bits per heavy atom. The number of amides is 1. The van der Waals surface area contributed by atoms with Gasteiger partial charge in [0.15, 0.2) is 0 Å². The van der Waals surface area contributed by atoms with E-state index in [1.54, 1.807) is 0 Å². The number of carbonyl (C=O) groups excluding carboxylic acids is 1. The van der Waals surface area contributed by atoms with Crippen molar-refractivity contribution in [3.8, 4) is 0 Å². The molecular weight excluding hydrogens is 238 g/mol. The molecule has 4 heteroatoms. The van der Waals surface area contributed by atoms with Gasteiger partial charge in [0.25, 0.3) is 0 Å². The van der Waals surface area contributed by atoms with Gasteiger partial charge in [-0.25, -0.2) is 0 Å². The molecule has 1 unspecified atom stereocenters. The van der Waals surface area contributed by atoms with Crippen molar-refractivity contribution in [1.29, 1.82) is 0 Å². The number of hydrogen-bond donors (Lipinski definition) is 1. The van der Waals surface area contributed by atoms with Gasteiger partial charge in [-0.15, -0.1) is 0 Å². The lowest BCUT2D eigenvalue weighted by molar-refractivity contribution is -0.137. The third-order valence-electron chi connectivity index (χ3n) is 4.71. The highest BCUT2D eigenvalue weighted by atomic mass is 16.2. The quantitative estimate of drug-likeness (QED) is 0.834. The number of nitrogens with one attached hydrogen (secondary N) is 1. The van der Waals surface area contributed by atoms with E-state index in [1.165, 1.54) is 32.1 Å². The molecule has 0 aromatic heterocycles. The second-order valence-electron chi connectivity index (χ2n) is 6.10. The van der Waals surface area contributed by atoms with Gasteiger partial charge in [-0.1, -0.05) is 0 Å². The molecule has 2 heterocycles. The van der Waals surface area contributed by atoms with E-state index in [2.05, 4.69) is 22.0 Å². The van der Waals surface area contributed by atoms with E-state index in [0.717, 1.165) is 38.6 Å². The first kappa shape index (κ1) is 14.8. The maximum Gasteiger partial charge on any atom is 0.239 e. The van der Waals surface area contributed by atoms with Gasteiger partial charge in [0.1, 0.15) is 0 Å². The molecule has 4 nitrogen and oxygen atoms in total. The van der Waals surface area contributed by atoms with Gasteiger partial charge in [-0.05, 0) is 71.6 Å². The van der Waals surface area contributed by atoms with Crippen LogP contribution in [0.5, 0.6) is 0 Å². The van der Waals surface area contributed by atoms with Crippen LogP contribution in [0.2, 0.25) is 0 Å². The summed E-state index contributed by atoms with van der Waals surface area (Å²) in [5.41, 5.74) is 0. The van der Waals surface area contributed by atoms with Crippen LogP contribution in [0, 0.1) is 5.92 Å². The zero-order chi connectivity index (χ0) is 13.7. The van der Waals surface area contributed by atoms with Crippen molar-refractivity contribution in [3.63, 3.8) is 0 Å². The number of likely N-dealkylation sites (tertiary alicyclic amines) is 2. The Labute approximate surface area is 117 Å². The number of piperidine rings is 2. The molecule has 2 aliphatic rings. The Balaban J connectivity index is 1.79. The maximum atomic E-state index is 12.5. The topological polar surface area (TPSA) is 35.6 Å². The fourth-order valence-corrected chi connectivity index (χ4v) is 3.37. The Morgan fingerprint density at radius 3 is 2.37 bits per heavy atom. The molecule has 2 fully saturated rings. The van der Waals surface area contributed by atoms with E-state index in [0.29, 0.717) is 5.91 Å². The number of hydrogen-bond acceptors (Lipinski definition) is 3. The minimum Gasteiger partial charge on any atom is -0.341 e. The molecule has 0 aromatic carbocycles. The second kappa shape index (κ2) is 7.25. The molecule has 0 spiro atoms. The van der Waals surface area contributed by atoms with Crippen molar-refractivity contribution in [1.82, 2.24) is 15.1 Å². The van der Waals surface area contributed by atoms with Crippen molar-refractivity contribution in [2.45, 2.75) is 45.1 Å². The van der Waals surface area contributed by atoms with Crippen LogP contribution in [0.25, 0.3) is 0 Å². The summed E-state index contributed by atoms with van der Waals surface area (Å²) >= 11 is 0. The highest BCUT2D eigenvalue weighted by Gasteiger charge is 2.29. The zero-order valence-corrected chi connectivity index (χ0v) is 12.5. The fourth-order valence-electron chi connectivity index (χ4n) is 3.37. The summed E-state index contributed by atoms with van der Waals surface area (Å²) in [6.07, 6.45) is 6.09. The Kier molecular flexibility index (Phi) is 5.64. The smallest absolute Gasteiger partial charge is 0.239 e. The molecule has 19 heavy (non-hydrogen) atoms. The summed E-state index contributed by atoms with van der Waals surface area (Å²) < 4.78 is 0. The lowest BCUT2D eigenvalue weighted by Crippen LogP contribution is -2.51. The van der Waals surface area contributed by atoms with Crippen LogP contribution < -0.4 is 5.32 Å². The van der Waals surface area contributed by atoms with Gasteiger partial charge in [0, 0.05) is 13.1 Å². The molecule has 0 radical (unpaired) electrons. The van der Waals surface area contributed by atoms with Crippen molar-refractivity contribution < 1.29 is 4.79 Å². The molecule has 0 aromatic rings. The first-order chi connectivity index (χ1) is 9.22. The van der Waals surface area contributed by atoms with Crippen LogP contribution in [0.15, 0.2) is 0 Å². The molecule has 0 saturated carbocycles. The number of rotatable bonds is 4. The van der Waals surface area contributed by atoms with Crippen LogP contribution in [0.1, 0.15) is 39.0 Å². The van der Waals surface area contributed by atoms with Crippen LogP contribution >= 0.6 is 0 Å². The van der Waals surface area contributed by atoms with Crippen LogP contribution in [0.4, 0.5) is 0 Å². The highest BCUT2D eigenvalue weighted by molar-refractivity contribution is 5.81. The molecule has 1 amide bonds. The molecule has 0 aliphatic carbocycles. The maximum absolute atomic E-state index is 12.5. The predicted octanol–water partition coefficient (Wildman–Crippen LogP) is 1.32. The van der Waals surface area contributed by atoms with Crippen molar-refractivity contribution >= 4 is 5.91 Å². The first-order valence-electron chi connectivity index (χ1n) is 7.90. The van der Waals surface area contributed by atoms with E-state index >= 15 is 0 Å². The zero-order valence-electron chi connectivity index (χ0n) is 12.5. The highest BCUT2D eigenvalue weighted by Crippen LogP contribution is 2.20. The van der Waals surface area contributed by atoms with Crippen LogP contribution in [-0.4, -0.2) is 61.5 Å². The summed E-state index contributed by atoms with van der Waals surface area (Å²) in [6.45, 7) is 7.30. The van der Waals surface area contributed by atoms with E-state index in [-0.39, 0.29) is 6.04 Å². The molecule has 1 atom stereocenters. The summed E-state index contributed by atoms with van der Waals surface area (Å²) in [7, 11) is 2.02. The summed E-state index contributed by atoms with van der Waals surface area (Å²) in [6, 6.07) is 0.0774. The second-order valence-corrected chi connectivity index (χ2v) is 6.10. The van der Waals surface area contributed by atoms with Gasteiger partial charge >= 0.3 is 0 Å². The van der Waals surface area contributed by atoms with E-state index in [9.17, 15) is 4.79 Å². The van der Waals surface area contributed by atoms with Crippen molar-refractivity contribution in [2.75, 3.05) is 39.8 Å². The van der Waals surface area contributed by atoms with E-state index in [1.807, 2.05) is 7.05 Å². The molecule has 110 valence electrons. The fraction of sp³-hybridized carbons (Fsp3) is 0.933. The summed E-state index contributed by atoms with van der Waals surface area (Å²) in [5, 5.41) is 3.26. The van der Waals surface area contributed by atoms with Gasteiger partial charge in [0.2, 0.25) is 5.91 Å². The molecule has 2 aliphatic heterocycles. The largest absolute Gasteiger partial charge is 0.341 e. The summed E-state index contributed by atoms with van der Waals surface area (Å²) in [5.74, 6) is 1.14. The molecule has 0 bridgehead atoms. The van der Waals surface area contributed by atoms with Crippen LogP contribution in [-0.2, 0) is 4.79 Å². The van der Waals surface area contributed by atoms with Crippen molar-refractivity contribution in [3.05, 3.63) is 0 Å². The molecule has 1 N–H and O–H groups in total. The molecule has 2 saturated heterocycles. The Bertz CT molecular complexity index is 281. The van der Waals surface area contributed by atoms with E-state index < -0.39 is 0 Å². The third kappa shape index (κ3) is 3.93. The molecular formula is C15H29N3O. The van der Waals surface area contributed by atoms with Gasteiger partial charge in [-0.2, -0.15) is 0 Å². The minimum absolute atomic E-state index is 0.0774. The lowest BCUT2D eigenvalue weighted by Gasteiger charge is -2.38. The average Bonchev–Trinajstić information content (AvgIpc) is 2.48. The average molecular weight is 267 g/mol. The number of carbonyl (C=O) groups is 1. The van der Waals surface area contributed by atoms with Gasteiger partial charge in [-0.3, -0.25) is 9.69 Å². The third-order valence-corrected chi connectivity index (χ3v) is 4.71. The predicted molar refractivity (Wildman–Crippen MR) is 78.1 cm³/mol. The number of nitrogens with zero attached hydrogens (tertiary/aromatic N) is 2. The normalized spacial score (nSPS) is 24.4. The van der Waals surface area contributed by atoms with Gasteiger partial charge < -0.3 is 10.2 Å². The van der Waals surface area contributed by atoms with Gasteiger partial charge in [0.05, 0.1) is 6.04 Å². The standard InChI is InChI=1S/C15H29N3O/c1-13(15(19)18-8-4-3-5-9-18)17-10-6-14(7-11-17)12-16-2/h13-14,16H,3-12H2,1-2H3. The Morgan fingerprint density at radius 2 is 1.79 bits per heavy atom. The lowest BCUT2D eigenvalue weighted by atomic mass is 9.95. The van der Waals surface area contributed by atoms with Crippen molar-refractivity contribution in [2.24, 2.45) is 5.92 Å². The minimum atomic E-state index is 0.0774. The SMILES string of the molecule is CNCC1CCN(C(C)C(=O)N2CCCCC2)CC1.